The molecule has 0 amide bonds. The minimum absolute atomic E-state index is 0.536. The molecule has 0 heterocycles. The molecule has 0 radical (unpaired) electrons. The smallest absolute Gasteiger partial charge is 0.321 e. The Balaban J connectivity index is 2.52. The SMILES string of the molecule is CCO[SiH](CCc1cc(F)cc(F)c1)OCC. The molecule has 0 aliphatic heterocycles. The molecule has 0 aromatic heterocycles. The fourth-order valence-corrected chi connectivity index (χ4v) is 3.37. The Kier molecular flexibility index (Phi) is 6.32. The largest absolute Gasteiger partial charge is 0.397 e. The highest BCUT2D eigenvalue weighted by atomic mass is 28.3. The fraction of sp³-hybridized carbons (Fsp3) is 0.500. The average molecular weight is 260 g/mol. The lowest BCUT2D eigenvalue weighted by atomic mass is 10.2. The van der Waals surface area contributed by atoms with Gasteiger partial charge >= 0.3 is 9.28 Å². The summed E-state index contributed by atoms with van der Waals surface area (Å²) in [7, 11) is -1.68. The molecule has 0 atom stereocenters. The quantitative estimate of drug-likeness (QED) is 0.702. The summed E-state index contributed by atoms with van der Waals surface area (Å²) in [6, 6.07) is 4.31. The zero-order valence-corrected chi connectivity index (χ0v) is 11.4. The van der Waals surface area contributed by atoms with Gasteiger partial charge in [0.1, 0.15) is 11.6 Å². The molecule has 0 bridgehead atoms. The second-order valence-electron chi connectivity index (χ2n) is 3.66. The molecule has 96 valence electrons. The maximum Gasteiger partial charge on any atom is 0.321 e. The summed E-state index contributed by atoms with van der Waals surface area (Å²) in [5.74, 6) is -1.07. The van der Waals surface area contributed by atoms with E-state index in [-0.39, 0.29) is 0 Å². The monoisotopic (exact) mass is 260 g/mol. The number of aryl methyl sites for hydroxylation is 1. The molecule has 5 heteroatoms. The molecule has 0 unspecified atom stereocenters. The van der Waals surface area contributed by atoms with Crippen molar-refractivity contribution >= 4 is 9.28 Å². The normalized spacial score (nSPS) is 11.1. The van der Waals surface area contributed by atoms with E-state index >= 15 is 0 Å². The van der Waals surface area contributed by atoms with E-state index in [1.807, 2.05) is 13.8 Å². The molecule has 0 saturated carbocycles. The topological polar surface area (TPSA) is 18.5 Å². The van der Waals surface area contributed by atoms with E-state index in [2.05, 4.69) is 0 Å². The van der Waals surface area contributed by atoms with Gasteiger partial charge in [0.15, 0.2) is 0 Å². The molecule has 0 fully saturated rings. The van der Waals surface area contributed by atoms with Crippen LogP contribution in [0.1, 0.15) is 19.4 Å². The number of benzene rings is 1. The van der Waals surface area contributed by atoms with Gasteiger partial charge in [0, 0.05) is 19.3 Å². The second-order valence-corrected chi connectivity index (χ2v) is 5.76. The van der Waals surface area contributed by atoms with Gasteiger partial charge in [0.05, 0.1) is 0 Å². The minimum Gasteiger partial charge on any atom is -0.397 e. The number of hydrogen-bond donors (Lipinski definition) is 0. The lowest BCUT2D eigenvalue weighted by Crippen LogP contribution is -2.23. The molecule has 0 aliphatic rings. The first-order chi connectivity index (χ1) is 8.15. The van der Waals surface area contributed by atoms with Crippen LogP contribution in [0.4, 0.5) is 8.78 Å². The summed E-state index contributed by atoms with van der Waals surface area (Å²) in [5, 5.41) is 0. The van der Waals surface area contributed by atoms with Crippen LogP contribution in [0.2, 0.25) is 6.04 Å². The Bertz CT molecular complexity index is 321. The van der Waals surface area contributed by atoms with Crippen molar-refractivity contribution in [1.82, 2.24) is 0 Å². The van der Waals surface area contributed by atoms with Crippen LogP contribution in [0.5, 0.6) is 0 Å². The zero-order chi connectivity index (χ0) is 12.7. The standard InChI is InChI=1S/C12H18F2O2Si/c1-3-15-17(16-4-2)6-5-10-7-11(13)9-12(14)8-10/h7-9,17H,3-6H2,1-2H3. The van der Waals surface area contributed by atoms with Crippen molar-refractivity contribution in [1.29, 1.82) is 0 Å². The molecular weight excluding hydrogens is 242 g/mol. The molecule has 2 nitrogen and oxygen atoms in total. The molecule has 0 N–H and O–H groups in total. The van der Waals surface area contributed by atoms with Crippen molar-refractivity contribution < 1.29 is 17.6 Å². The van der Waals surface area contributed by atoms with Crippen molar-refractivity contribution in [2.75, 3.05) is 13.2 Å². The van der Waals surface area contributed by atoms with Crippen LogP contribution in [0.25, 0.3) is 0 Å². The van der Waals surface area contributed by atoms with Gasteiger partial charge in [-0.05, 0) is 44.0 Å². The summed E-state index contributed by atoms with van der Waals surface area (Å²) in [4.78, 5) is 0. The zero-order valence-electron chi connectivity index (χ0n) is 10.2. The Labute approximate surface area is 102 Å². The van der Waals surface area contributed by atoms with E-state index < -0.39 is 20.9 Å². The van der Waals surface area contributed by atoms with E-state index in [1.54, 1.807) is 0 Å². The number of rotatable bonds is 7. The van der Waals surface area contributed by atoms with Gasteiger partial charge in [0.2, 0.25) is 0 Å². The average Bonchev–Trinajstić information content (AvgIpc) is 2.25. The molecule has 0 aliphatic carbocycles. The molecule has 1 aromatic rings. The third kappa shape index (κ3) is 5.39. The summed E-state index contributed by atoms with van der Waals surface area (Å²) in [6.45, 7) is 5.07. The molecule has 1 aromatic carbocycles. The summed E-state index contributed by atoms with van der Waals surface area (Å²) in [6.07, 6.45) is 0.589. The van der Waals surface area contributed by atoms with E-state index in [0.717, 1.165) is 12.1 Å². The molecule has 1 rings (SSSR count). The van der Waals surface area contributed by atoms with Crippen LogP contribution in [0.15, 0.2) is 18.2 Å². The predicted molar refractivity (Wildman–Crippen MR) is 65.3 cm³/mol. The van der Waals surface area contributed by atoms with Crippen molar-refractivity contribution in [3.63, 3.8) is 0 Å². The Hall–Kier alpha value is -0.783. The fourth-order valence-electron chi connectivity index (χ4n) is 1.63. The van der Waals surface area contributed by atoms with Gasteiger partial charge < -0.3 is 8.85 Å². The third-order valence-electron chi connectivity index (χ3n) is 2.30. The van der Waals surface area contributed by atoms with Crippen LogP contribution < -0.4 is 0 Å². The highest BCUT2D eigenvalue weighted by Crippen LogP contribution is 2.12. The first-order valence-corrected chi connectivity index (χ1v) is 7.59. The minimum atomic E-state index is -1.68. The third-order valence-corrected chi connectivity index (χ3v) is 4.47. The van der Waals surface area contributed by atoms with Crippen LogP contribution in [-0.4, -0.2) is 22.5 Å². The second kappa shape index (κ2) is 7.52. The van der Waals surface area contributed by atoms with Crippen LogP contribution >= 0.6 is 0 Å². The van der Waals surface area contributed by atoms with Gasteiger partial charge in [-0.25, -0.2) is 8.78 Å². The first-order valence-electron chi connectivity index (χ1n) is 5.83. The van der Waals surface area contributed by atoms with Crippen molar-refractivity contribution in [2.24, 2.45) is 0 Å². The number of halogens is 2. The van der Waals surface area contributed by atoms with E-state index in [1.165, 1.54) is 12.1 Å². The molecule has 0 spiro atoms. The maximum absolute atomic E-state index is 13.0. The highest BCUT2D eigenvalue weighted by Gasteiger charge is 2.12. The molecule has 17 heavy (non-hydrogen) atoms. The van der Waals surface area contributed by atoms with Crippen molar-refractivity contribution in [3.05, 3.63) is 35.4 Å². The lowest BCUT2D eigenvalue weighted by molar-refractivity contribution is 0.213. The van der Waals surface area contributed by atoms with Crippen LogP contribution in [-0.2, 0) is 15.3 Å². The Morgan fingerprint density at radius 3 is 2.00 bits per heavy atom. The van der Waals surface area contributed by atoms with Crippen LogP contribution in [0, 0.1) is 11.6 Å². The predicted octanol–water partition coefficient (Wildman–Crippen LogP) is 2.80. The lowest BCUT2D eigenvalue weighted by Gasteiger charge is -2.14. The van der Waals surface area contributed by atoms with Gasteiger partial charge in [-0.1, -0.05) is 0 Å². The Morgan fingerprint density at radius 1 is 1.00 bits per heavy atom. The van der Waals surface area contributed by atoms with Crippen molar-refractivity contribution in [3.8, 4) is 0 Å². The molecular formula is C12H18F2O2Si. The number of hydrogen-bond acceptors (Lipinski definition) is 2. The van der Waals surface area contributed by atoms with Gasteiger partial charge in [0.25, 0.3) is 0 Å². The van der Waals surface area contributed by atoms with Crippen LogP contribution in [0.3, 0.4) is 0 Å². The van der Waals surface area contributed by atoms with Gasteiger partial charge in [-0.2, -0.15) is 0 Å². The summed E-state index contributed by atoms with van der Waals surface area (Å²) >= 11 is 0. The summed E-state index contributed by atoms with van der Waals surface area (Å²) < 4.78 is 36.9. The summed E-state index contributed by atoms with van der Waals surface area (Å²) in [5.41, 5.74) is 0.652. The first kappa shape index (κ1) is 14.3. The van der Waals surface area contributed by atoms with Gasteiger partial charge in [-0.3, -0.25) is 0 Å². The van der Waals surface area contributed by atoms with E-state index in [9.17, 15) is 8.78 Å². The van der Waals surface area contributed by atoms with Crippen molar-refractivity contribution in [2.45, 2.75) is 26.3 Å². The highest BCUT2D eigenvalue weighted by molar-refractivity contribution is 6.44. The molecule has 0 saturated heterocycles. The van der Waals surface area contributed by atoms with E-state index in [4.69, 9.17) is 8.85 Å². The van der Waals surface area contributed by atoms with E-state index in [0.29, 0.717) is 25.2 Å². The van der Waals surface area contributed by atoms with Gasteiger partial charge in [-0.15, -0.1) is 0 Å². The Morgan fingerprint density at radius 2 is 1.53 bits per heavy atom. The maximum atomic E-state index is 13.0.